The monoisotopic (exact) mass is 472 g/mol. The first-order valence-corrected chi connectivity index (χ1v) is 14.9. The Morgan fingerprint density at radius 3 is 2.52 bits per heavy atom. The maximum atomic E-state index is 13.8. The number of benzene rings is 1. The maximum absolute atomic E-state index is 13.8. The van der Waals surface area contributed by atoms with Crippen LogP contribution in [0.3, 0.4) is 0 Å². The van der Waals surface area contributed by atoms with Gasteiger partial charge in [0.25, 0.3) is 5.91 Å². The van der Waals surface area contributed by atoms with E-state index in [2.05, 4.69) is 35.2 Å². The van der Waals surface area contributed by atoms with Crippen molar-refractivity contribution in [1.82, 2.24) is 15.1 Å². The number of fused-ring (bicyclic) bond motifs is 1. The van der Waals surface area contributed by atoms with Gasteiger partial charge in [-0.05, 0) is 44.4 Å². The topological polar surface area (TPSA) is 87.3 Å². The molecule has 33 heavy (non-hydrogen) atoms. The average molecular weight is 473 g/mol. The van der Waals surface area contributed by atoms with E-state index in [1.807, 2.05) is 13.8 Å². The van der Waals surface area contributed by atoms with Gasteiger partial charge in [0.15, 0.2) is 11.9 Å². The molecule has 0 radical (unpaired) electrons. The van der Waals surface area contributed by atoms with Crippen molar-refractivity contribution in [3.8, 4) is 0 Å². The minimum atomic E-state index is -1.73. The Morgan fingerprint density at radius 2 is 1.97 bits per heavy atom. The highest BCUT2D eigenvalue weighted by atomic mass is 28.3. The molecule has 4 rings (SSSR count). The van der Waals surface area contributed by atoms with Crippen molar-refractivity contribution in [2.45, 2.75) is 76.0 Å². The Labute approximate surface area is 195 Å². The van der Waals surface area contributed by atoms with Crippen molar-refractivity contribution in [2.75, 3.05) is 12.4 Å². The number of H-pyrrole nitrogens is 1. The van der Waals surface area contributed by atoms with E-state index < -0.39 is 25.5 Å². The summed E-state index contributed by atoms with van der Waals surface area (Å²) in [7, 11) is -0.288. The molecule has 2 heterocycles. The fourth-order valence-corrected chi connectivity index (χ4v) is 7.84. The first-order valence-electron chi connectivity index (χ1n) is 11.4. The number of halogens is 1. The van der Waals surface area contributed by atoms with Crippen LogP contribution in [0.5, 0.6) is 0 Å². The van der Waals surface area contributed by atoms with Crippen molar-refractivity contribution < 1.29 is 18.7 Å². The Hall–Kier alpha value is -2.52. The molecule has 178 valence electrons. The second-order valence-corrected chi connectivity index (χ2v) is 16.2. The van der Waals surface area contributed by atoms with Crippen LogP contribution in [0.1, 0.15) is 56.0 Å². The van der Waals surface area contributed by atoms with Gasteiger partial charge in [-0.15, -0.1) is 0 Å². The summed E-state index contributed by atoms with van der Waals surface area (Å²) in [5.41, 5.74) is 1.36. The van der Waals surface area contributed by atoms with Crippen molar-refractivity contribution in [1.29, 1.82) is 0 Å². The summed E-state index contributed by atoms with van der Waals surface area (Å²) >= 11 is 0. The van der Waals surface area contributed by atoms with Crippen molar-refractivity contribution in [3.63, 3.8) is 0 Å². The molecule has 2 amide bonds. The maximum Gasteiger partial charge on any atom is 0.257 e. The fourth-order valence-electron chi connectivity index (χ4n) is 5.24. The minimum absolute atomic E-state index is 0.0410. The van der Waals surface area contributed by atoms with Gasteiger partial charge in [-0.2, -0.15) is 5.10 Å². The standard InChI is InChI=1S/C24H33FN4O3Si/c1-23(2)19-17(14-29(23)21(30)18(32-3)15-9-7-10-16(25)13-15)20(28-27-19)26-22(31)24(11-8-12-24)33(4,5)6/h7,9-10,13,18H,8,11-12,14H2,1-6H3,(H2,26,27,28,31). The van der Waals surface area contributed by atoms with Crippen LogP contribution in [0.4, 0.5) is 10.2 Å². The van der Waals surface area contributed by atoms with Gasteiger partial charge in [0.05, 0.1) is 25.9 Å². The van der Waals surface area contributed by atoms with E-state index in [0.717, 1.165) is 30.5 Å². The number of hydrogen-bond donors (Lipinski definition) is 2. The number of aromatic nitrogens is 2. The molecule has 1 aliphatic heterocycles. The second-order valence-electron chi connectivity index (χ2n) is 10.7. The number of ether oxygens (including phenoxy) is 1. The van der Waals surface area contributed by atoms with Crippen LogP contribution in [0.25, 0.3) is 0 Å². The highest BCUT2D eigenvalue weighted by molar-refractivity contribution is 6.83. The first kappa shape index (κ1) is 23.6. The van der Waals surface area contributed by atoms with Gasteiger partial charge < -0.3 is 15.0 Å². The largest absolute Gasteiger partial charge is 0.367 e. The molecule has 1 atom stereocenters. The molecule has 7 nitrogen and oxygen atoms in total. The van der Waals surface area contributed by atoms with Crippen LogP contribution >= 0.6 is 0 Å². The lowest BCUT2D eigenvalue weighted by molar-refractivity contribution is -0.148. The van der Waals surface area contributed by atoms with E-state index in [4.69, 9.17) is 4.74 Å². The van der Waals surface area contributed by atoms with Gasteiger partial charge in [-0.3, -0.25) is 14.7 Å². The van der Waals surface area contributed by atoms with Crippen LogP contribution in [0, 0.1) is 5.82 Å². The van der Waals surface area contributed by atoms with E-state index in [1.165, 1.54) is 19.2 Å². The SMILES string of the molecule is COC(C(=O)N1Cc2c(NC(=O)C3([Si](C)(C)C)CCC3)n[nH]c2C1(C)C)c1cccc(F)c1. The Morgan fingerprint density at radius 1 is 1.27 bits per heavy atom. The lowest BCUT2D eigenvalue weighted by Gasteiger charge is -2.48. The molecule has 1 fully saturated rings. The number of methoxy groups -OCH3 is 1. The van der Waals surface area contributed by atoms with Gasteiger partial charge in [0, 0.05) is 17.7 Å². The van der Waals surface area contributed by atoms with Gasteiger partial charge in [0.2, 0.25) is 5.91 Å². The fraction of sp³-hybridized carbons (Fsp3) is 0.542. The summed E-state index contributed by atoms with van der Waals surface area (Å²) in [5.74, 6) is -0.163. The van der Waals surface area contributed by atoms with E-state index in [0.29, 0.717) is 11.4 Å². The Kier molecular flexibility index (Phi) is 5.77. The molecule has 2 N–H and O–H groups in total. The molecule has 0 spiro atoms. The van der Waals surface area contributed by atoms with Crippen LogP contribution < -0.4 is 5.32 Å². The van der Waals surface area contributed by atoms with Gasteiger partial charge >= 0.3 is 0 Å². The molecule has 1 aromatic heterocycles. The summed E-state index contributed by atoms with van der Waals surface area (Å²) in [6.45, 7) is 10.8. The summed E-state index contributed by atoms with van der Waals surface area (Å²) in [5, 5.41) is 10.3. The van der Waals surface area contributed by atoms with Crippen LogP contribution in [-0.4, -0.2) is 42.1 Å². The summed E-state index contributed by atoms with van der Waals surface area (Å²) in [4.78, 5) is 28.6. The third-order valence-corrected chi connectivity index (χ3v) is 11.3. The second kappa shape index (κ2) is 8.05. The van der Waals surface area contributed by atoms with E-state index in [-0.39, 0.29) is 23.4 Å². The molecular weight excluding hydrogens is 439 g/mol. The predicted molar refractivity (Wildman–Crippen MR) is 127 cm³/mol. The number of aromatic amines is 1. The minimum Gasteiger partial charge on any atom is -0.367 e. The Balaban J connectivity index is 1.59. The molecular formula is C24H33FN4O3Si. The number of anilines is 1. The average Bonchev–Trinajstić information content (AvgIpc) is 3.18. The molecule has 2 aromatic rings. The number of rotatable bonds is 6. The van der Waals surface area contributed by atoms with Crippen LogP contribution in [0.2, 0.25) is 24.7 Å². The van der Waals surface area contributed by atoms with Crippen molar-refractivity contribution >= 4 is 25.7 Å². The van der Waals surface area contributed by atoms with Gasteiger partial charge in [0.1, 0.15) is 5.82 Å². The molecule has 1 aliphatic carbocycles. The van der Waals surface area contributed by atoms with Gasteiger partial charge in [-0.25, -0.2) is 4.39 Å². The summed E-state index contributed by atoms with van der Waals surface area (Å²) < 4.78 is 19.3. The van der Waals surface area contributed by atoms with E-state index >= 15 is 0 Å². The smallest absolute Gasteiger partial charge is 0.257 e. The molecule has 1 saturated carbocycles. The lowest BCUT2D eigenvalue weighted by atomic mass is 9.83. The third kappa shape index (κ3) is 3.71. The number of nitrogens with one attached hydrogen (secondary N) is 2. The molecule has 1 unspecified atom stereocenters. The van der Waals surface area contributed by atoms with Crippen molar-refractivity contribution in [2.24, 2.45) is 0 Å². The van der Waals surface area contributed by atoms with E-state index in [9.17, 15) is 14.0 Å². The predicted octanol–water partition coefficient (Wildman–Crippen LogP) is 4.71. The van der Waals surface area contributed by atoms with Crippen molar-refractivity contribution in [3.05, 3.63) is 46.9 Å². The Bertz CT molecular complexity index is 1090. The molecule has 9 heteroatoms. The number of hydrogen-bond acceptors (Lipinski definition) is 4. The number of amides is 2. The first-order chi connectivity index (χ1) is 15.4. The zero-order valence-corrected chi connectivity index (χ0v) is 21.2. The third-order valence-electron chi connectivity index (χ3n) is 7.66. The van der Waals surface area contributed by atoms with Crippen LogP contribution in [-0.2, 0) is 26.4 Å². The van der Waals surface area contributed by atoms with Crippen LogP contribution in [0.15, 0.2) is 24.3 Å². The number of carbonyl (C=O) groups is 2. The summed E-state index contributed by atoms with van der Waals surface area (Å²) in [6.07, 6.45) is 1.98. The highest BCUT2D eigenvalue weighted by Gasteiger charge is 2.54. The molecule has 0 saturated heterocycles. The zero-order valence-electron chi connectivity index (χ0n) is 20.2. The molecule has 2 aliphatic rings. The normalized spacial score (nSPS) is 19.5. The molecule has 1 aromatic carbocycles. The molecule has 0 bridgehead atoms. The summed E-state index contributed by atoms with van der Waals surface area (Å²) in [6, 6.07) is 5.89. The number of nitrogens with zero attached hydrogens (tertiary/aromatic N) is 2. The highest BCUT2D eigenvalue weighted by Crippen LogP contribution is 2.56. The lowest BCUT2D eigenvalue weighted by Crippen LogP contribution is -2.52. The number of carbonyl (C=O) groups excluding carboxylic acids is 2. The quantitative estimate of drug-likeness (QED) is 0.596. The van der Waals surface area contributed by atoms with E-state index in [1.54, 1.807) is 17.0 Å². The van der Waals surface area contributed by atoms with Gasteiger partial charge in [-0.1, -0.05) is 38.2 Å². The zero-order chi connectivity index (χ0) is 24.2.